The van der Waals surface area contributed by atoms with Crippen molar-refractivity contribution in [1.82, 2.24) is 5.32 Å². The van der Waals surface area contributed by atoms with E-state index in [1.807, 2.05) is 0 Å². The fourth-order valence-corrected chi connectivity index (χ4v) is 0.613. The van der Waals surface area contributed by atoms with Gasteiger partial charge < -0.3 is 11.8 Å². The van der Waals surface area contributed by atoms with Gasteiger partial charge in [0, 0.05) is 6.54 Å². The fraction of sp³-hybridized carbons (Fsp3) is 1.00. The van der Waals surface area contributed by atoms with Crippen molar-refractivity contribution in [2.45, 2.75) is 32.8 Å². The number of hydrogen-bond donors (Lipinski definition) is 2. The van der Waals surface area contributed by atoms with Crippen LogP contribution in [-0.2, 0) is 0 Å². The van der Waals surface area contributed by atoms with E-state index in [-0.39, 0.29) is 37.1 Å². The molecule has 0 saturated carbocycles. The van der Waals surface area contributed by atoms with Crippen molar-refractivity contribution in [1.29, 1.82) is 0 Å². The van der Waals surface area contributed by atoms with Crippen LogP contribution in [0.5, 0.6) is 0 Å². The Hall–Kier alpha value is 0.920. The Morgan fingerprint density at radius 2 is 2.20 bits per heavy atom. The summed E-state index contributed by atoms with van der Waals surface area (Å²) in [5.41, 5.74) is 0. The predicted octanol–water partition coefficient (Wildman–Crippen LogP) is -2.13. The van der Waals surface area contributed by atoms with Gasteiger partial charge in [0.25, 0.3) is 0 Å². The summed E-state index contributed by atoms with van der Waals surface area (Å²) in [6, 6.07) is 0. The molecule has 2 N–H and O–H groups in total. The Balaban J connectivity index is -0.000000320. The van der Waals surface area contributed by atoms with Crippen LogP contribution in [-0.4, -0.2) is 24.3 Å². The average Bonchev–Trinajstić information content (AvgIpc) is 1.80. The molecule has 3 heteroatoms. The van der Waals surface area contributed by atoms with E-state index in [1.54, 1.807) is 6.92 Å². The number of hydrogen-bond acceptors (Lipinski definition) is 2. The molecule has 0 aromatic carbocycles. The molecular weight excluding hydrogens is 137 g/mol. The molecular formula is C7H18NNaO. The Kier molecular flexibility index (Phi) is 13.4. The molecule has 0 radical (unpaired) electrons. The molecule has 0 heterocycles. The standard InChI is InChI=1S/C7H17NO.Na.H/c1-3-4-5-8-6-7(2)9;;/h7-9H,3-6H2,1-2H3;;/q;+1;-1. The molecule has 0 fully saturated rings. The zero-order valence-electron chi connectivity index (χ0n) is 8.35. The van der Waals surface area contributed by atoms with Gasteiger partial charge in [-0.15, -0.1) is 0 Å². The van der Waals surface area contributed by atoms with Crippen molar-refractivity contribution in [2.75, 3.05) is 13.1 Å². The molecule has 0 aliphatic carbocycles. The number of nitrogens with one attached hydrogen (secondary N) is 1. The van der Waals surface area contributed by atoms with Crippen LogP contribution in [0.4, 0.5) is 0 Å². The fourth-order valence-electron chi connectivity index (χ4n) is 0.613. The van der Waals surface area contributed by atoms with Gasteiger partial charge in [0.2, 0.25) is 0 Å². The van der Waals surface area contributed by atoms with Crippen LogP contribution in [0.1, 0.15) is 28.1 Å². The monoisotopic (exact) mass is 155 g/mol. The van der Waals surface area contributed by atoms with E-state index in [4.69, 9.17) is 5.11 Å². The second-order valence-electron chi connectivity index (χ2n) is 2.41. The first-order valence-electron chi connectivity index (χ1n) is 3.66. The SMILES string of the molecule is CCCCNCC(C)O.[H-].[Na+]. The summed E-state index contributed by atoms with van der Waals surface area (Å²) < 4.78 is 0. The molecule has 58 valence electrons. The minimum atomic E-state index is -0.207. The van der Waals surface area contributed by atoms with Crippen molar-refractivity contribution in [3.8, 4) is 0 Å². The van der Waals surface area contributed by atoms with E-state index in [9.17, 15) is 0 Å². The maximum Gasteiger partial charge on any atom is 1.00 e. The second kappa shape index (κ2) is 9.92. The van der Waals surface area contributed by atoms with Crippen LogP contribution in [0.15, 0.2) is 0 Å². The number of unbranched alkanes of at least 4 members (excludes halogenated alkanes) is 1. The maximum absolute atomic E-state index is 8.79. The van der Waals surface area contributed by atoms with Gasteiger partial charge in [0.1, 0.15) is 0 Å². The van der Waals surface area contributed by atoms with Gasteiger partial charge in [-0.25, -0.2) is 0 Å². The van der Waals surface area contributed by atoms with Crippen LogP contribution < -0.4 is 34.9 Å². The maximum atomic E-state index is 8.79. The molecule has 1 atom stereocenters. The number of aliphatic hydroxyl groups is 1. The normalized spacial score (nSPS) is 12.3. The Morgan fingerprint density at radius 3 is 2.60 bits per heavy atom. The van der Waals surface area contributed by atoms with E-state index >= 15 is 0 Å². The van der Waals surface area contributed by atoms with Gasteiger partial charge in [-0.1, -0.05) is 13.3 Å². The van der Waals surface area contributed by atoms with Crippen LogP contribution >= 0.6 is 0 Å². The quantitative estimate of drug-likeness (QED) is 0.351. The van der Waals surface area contributed by atoms with Gasteiger partial charge in [0.05, 0.1) is 6.10 Å². The molecule has 0 aromatic heterocycles. The van der Waals surface area contributed by atoms with Gasteiger partial charge in [-0.2, -0.15) is 0 Å². The van der Waals surface area contributed by atoms with E-state index in [1.165, 1.54) is 12.8 Å². The predicted molar refractivity (Wildman–Crippen MR) is 40.6 cm³/mol. The molecule has 0 aliphatic heterocycles. The van der Waals surface area contributed by atoms with Gasteiger partial charge in [0.15, 0.2) is 0 Å². The average molecular weight is 155 g/mol. The number of rotatable bonds is 5. The van der Waals surface area contributed by atoms with Crippen molar-refractivity contribution >= 4 is 0 Å². The largest absolute Gasteiger partial charge is 1.00 e. The van der Waals surface area contributed by atoms with E-state index in [0.29, 0.717) is 0 Å². The first-order valence-corrected chi connectivity index (χ1v) is 3.66. The molecule has 0 spiro atoms. The van der Waals surface area contributed by atoms with Crippen LogP contribution in [0.3, 0.4) is 0 Å². The van der Waals surface area contributed by atoms with E-state index in [2.05, 4.69) is 12.2 Å². The van der Waals surface area contributed by atoms with Crippen molar-refractivity contribution in [3.05, 3.63) is 0 Å². The third-order valence-electron chi connectivity index (χ3n) is 1.15. The summed E-state index contributed by atoms with van der Waals surface area (Å²) in [6.07, 6.45) is 2.21. The summed E-state index contributed by atoms with van der Waals surface area (Å²) in [7, 11) is 0. The molecule has 0 bridgehead atoms. The molecule has 0 rings (SSSR count). The summed E-state index contributed by atoms with van der Waals surface area (Å²) in [4.78, 5) is 0. The third-order valence-corrected chi connectivity index (χ3v) is 1.15. The third kappa shape index (κ3) is 11.7. The van der Waals surface area contributed by atoms with Gasteiger partial charge in [-0.05, 0) is 19.9 Å². The first kappa shape index (κ1) is 13.5. The summed E-state index contributed by atoms with van der Waals surface area (Å²) in [6.45, 7) is 5.70. The Labute approximate surface area is 87.2 Å². The minimum absolute atomic E-state index is 0. The molecule has 0 saturated heterocycles. The second-order valence-corrected chi connectivity index (χ2v) is 2.41. The summed E-state index contributed by atoms with van der Waals surface area (Å²) in [5, 5.41) is 11.9. The van der Waals surface area contributed by atoms with E-state index in [0.717, 1.165) is 13.1 Å². The zero-order chi connectivity index (χ0) is 7.11. The molecule has 1 unspecified atom stereocenters. The van der Waals surface area contributed by atoms with Gasteiger partial charge >= 0.3 is 29.6 Å². The summed E-state index contributed by atoms with van der Waals surface area (Å²) >= 11 is 0. The van der Waals surface area contributed by atoms with E-state index < -0.39 is 0 Å². The molecule has 0 amide bonds. The topological polar surface area (TPSA) is 32.3 Å². The Bertz CT molecular complexity index is 64.4. The number of aliphatic hydroxyl groups excluding tert-OH is 1. The summed E-state index contributed by atoms with van der Waals surface area (Å²) in [5.74, 6) is 0. The smallest absolute Gasteiger partial charge is 1.00 e. The van der Waals surface area contributed by atoms with Crippen LogP contribution in [0.2, 0.25) is 0 Å². The van der Waals surface area contributed by atoms with Gasteiger partial charge in [-0.3, -0.25) is 0 Å². The van der Waals surface area contributed by atoms with Crippen molar-refractivity contribution < 1.29 is 36.1 Å². The molecule has 10 heavy (non-hydrogen) atoms. The minimum Gasteiger partial charge on any atom is -1.00 e. The van der Waals surface area contributed by atoms with Crippen molar-refractivity contribution in [2.24, 2.45) is 0 Å². The van der Waals surface area contributed by atoms with Crippen LogP contribution in [0.25, 0.3) is 0 Å². The molecule has 0 aromatic rings. The van der Waals surface area contributed by atoms with Crippen molar-refractivity contribution in [3.63, 3.8) is 0 Å². The van der Waals surface area contributed by atoms with Crippen LogP contribution in [0, 0.1) is 0 Å². The zero-order valence-corrected chi connectivity index (χ0v) is 9.35. The Morgan fingerprint density at radius 1 is 1.60 bits per heavy atom. The molecule has 2 nitrogen and oxygen atoms in total. The first-order chi connectivity index (χ1) is 4.27. The molecule has 0 aliphatic rings.